The Labute approximate surface area is 76.0 Å². The van der Waals surface area contributed by atoms with Crippen LogP contribution in [-0.4, -0.2) is 22.9 Å². The minimum Gasteiger partial charge on any atom is -0.472 e. The molecule has 0 saturated heterocycles. The van der Waals surface area contributed by atoms with E-state index in [1.807, 2.05) is 0 Å². The molecular weight excluding hydrogens is 174 g/mol. The molecule has 1 aromatic rings. The van der Waals surface area contributed by atoms with Crippen molar-refractivity contribution in [1.82, 2.24) is 5.32 Å². The summed E-state index contributed by atoms with van der Waals surface area (Å²) >= 11 is 0. The van der Waals surface area contributed by atoms with Gasteiger partial charge in [0.1, 0.15) is 0 Å². The summed E-state index contributed by atoms with van der Waals surface area (Å²) in [5, 5.41) is 18.3. The molecule has 0 atom stereocenters. The predicted molar refractivity (Wildman–Crippen MR) is 46.3 cm³/mol. The lowest BCUT2D eigenvalue weighted by Gasteiger charge is -1.87. The molecule has 74 valence electrons. The first-order valence-corrected chi connectivity index (χ1v) is 3.79. The number of carboxylic acid groups (broad SMARTS) is 1. The van der Waals surface area contributed by atoms with E-state index in [1.165, 1.54) is 12.5 Å². The number of nitrogens with one attached hydrogen (secondary N) is 1. The number of aliphatic hydroxyl groups excluding tert-OH is 1. The van der Waals surface area contributed by atoms with Crippen molar-refractivity contribution in [1.29, 1.82) is 0 Å². The molecule has 0 unspecified atom stereocenters. The highest BCUT2D eigenvalue weighted by Gasteiger charge is 1.85. The number of furan rings is 1. The maximum atomic E-state index is 9.49. The van der Waals surface area contributed by atoms with Crippen LogP contribution < -0.4 is 5.32 Å². The lowest BCUT2D eigenvalue weighted by atomic mass is 10.4. The van der Waals surface area contributed by atoms with Crippen molar-refractivity contribution >= 4 is 6.09 Å². The standard InChI is InChI=1S/C5H6O2.C3H7NO2/c6-3-5-1-2-7-4-5;1-2-4-3(5)6/h1-2,4,6H,3H2;4H,2H2,1H3,(H,5,6). The van der Waals surface area contributed by atoms with Gasteiger partial charge in [0.2, 0.25) is 0 Å². The maximum Gasteiger partial charge on any atom is 0.404 e. The molecular formula is C8H13NO4. The van der Waals surface area contributed by atoms with Gasteiger partial charge in [-0.25, -0.2) is 4.79 Å². The van der Waals surface area contributed by atoms with E-state index < -0.39 is 6.09 Å². The first kappa shape index (κ1) is 11.5. The topological polar surface area (TPSA) is 82.7 Å². The predicted octanol–water partition coefficient (Wildman–Crippen LogP) is 1.05. The molecule has 1 rings (SSSR count). The second-order valence-corrected chi connectivity index (χ2v) is 2.13. The molecule has 0 radical (unpaired) electrons. The molecule has 13 heavy (non-hydrogen) atoms. The van der Waals surface area contributed by atoms with Gasteiger partial charge in [0.15, 0.2) is 0 Å². The van der Waals surface area contributed by atoms with Gasteiger partial charge in [-0.15, -0.1) is 0 Å². The normalized spacial score (nSPS) is 8.46. The monoisotopic (exact) mass is 187 g/mol. The lowest BCUT2D eigenvalue weighted by molar-refractivity contribution is 0.195. The summed E-state index contributed by atoms with van der Waals surface area (Å²) in [6.07, 6.45) is 2.09. The number of rotatable bonds is 2. The molecule has 0 aromatic carbocycles. The summed E-state index contributed by atoms with van der Waals surface area (Å²) in [7, 11) is 0. The van der Waals surface area contributed by atoms with Crippen LogP contribution in [0.2, 0.25) is 0 Å². The van der Waals surface area contributed by atoms with E-state index in [2.05, 4.69) is 9.73 Å². The lowest BCUT2D eigenvalue weighted by Crippen LogP contribution is -2.19. The van der Waals surface area contributed by atoms with Crippen LogP contribution in [0.1, 0.15) is 12.5 Å². The third-order valence-electron chi connectivity index (χ3n) is 1.09. The highest BCUT2D eigenvalue weighted by Crippen LogP contribution is 1.96. The highest BCUT2D eigenvalue weighted by molar-refractivity contribution is 5.64. The van der Waals surface area contributed by atoms with Gasteiger partial charge in [-0.1, -0.05) is 0 Å². The number of hydrogen-bond donors (Lipinski definition) is 3. The van der Waals surface area contributed by atoms with Crippen molar-refractivity contribution < 1.29 is 19.4 Å². The second kappa shape index (κ2) is 7.17. The molecule has 0 bridgehead atoms. The summed E-state index contributed by atoms with van der Waals surface area (Å²) in [6, 6.07) is 1.72. The average Bonchev–Trinajstić information content (AvgIpc) is 2.56. The fourth-order valence-corrected chi connectivity index (χ4v) is 0.534. The van der Waals surface area contributed by atoms with Crippen LogP contribution in [0.4, 0.5) is 4.79 Å². The summed E-state index contributed by atoms with van der Waals surface area (Å²) in [5.41, 5.74) is 0.819. The molecule has 0 fully saturated rings. The number of aliphatic hydroxyl groups is 1. The van der Waals surface area contributed by atoms with Gasteiger partial charge in [-0.3, -0.25) is 0 Å². The minimum atomic E-state index is -0.961. The van der Waals surface area contributed by atoms with Crippen molar-refractivity contribution in [3.63, 3.8) is 0 Å². The van der Waals surface area contributed by atoms with Crippen molar-refractivity contribution in [2.45, 2.75) is 13.5 Å². The van der Waals surface area contributed by atoms with Crippen molar-refractivity contribution in [3.05, 3.63) is 24.2 Å². The minimum absolute atomic E-state index is 0.0660. The van der Waals surface area contributed by atoms with E-state index in [-0.39, 0.29) is 6.61 Å². The Balaban J connectivity index is 0.000000226. The van der Waals surface area contributed by atoms with Gasteiger partial charge in [0.25, 0.3) is 0 Å². The molecule has 5 heteroatoms. The van der Waals surface area contributed by atoms with E-state index in [9.17, 15) is 4.79 Å². The van der Waals surface area contributed by atoms with E-state index in [0.29, 0.717) is 6.54 Å². The largest absolute Gasteiger partial charge is 0.472 e. The van der Waals surface area contributed by atoms with Gasteiger partial charge < -0.3 is 19.9 Å². The molecule has 0 aliphatic carbocycles. The Morgan fingerprint density at radius 3 is 2.54 bits per heavy atom. The zero-order valence-corrected chi connectivity index (χ0v) is 7.36. The Hall–Kier alpha value is -1.49. The summed E-state index contributed by atoms with van der Waals surface area (Å²) < 4.78 is 4.65. The molecule has 0 saturated carbocycles. The van der Waals surface area contributed by atoms with E-state index >= 15 is 0 Å². The Morgan fingerprint density at radius 1 is 1.69 bits per heavy atom. The van der Waals surface area contributed by atoms with Gasteiger partial charge in [0, 0.05) is 12.1 Å². The molecule has 0 aliphatic heterocycles. The molecule has 1 amide bonds. The fraction of sp³-hybridized carbons (Fsp3) is 0.375. The highest BCUT2D eigenvalue weighted by atomic mass is 16.4. The molecule has 3 N–H and O–H groups in total. The zero-order valence-electron chi connectivity index (χ0n) is 7.36. The smallest absolute Gasteiger partial charge is 0.404 e. The van der Waals surface area contributed by atoms with Crippen molar-refractivity contribution in [3.8, 4) is 0 Å². The van der Waals surface area contributed by atoms with Crippen molar-refractivity contribution in [2.75, 3.05) is 6.54 Å². The van der Waals surface area contributed by atoms with Crippen LogP contribution in [0, 0.1) is 0 Å². The summed E-state index contributed by atoms with van der Waals surface area (Å²) in [4.78, 5) is 9.49. The first-order valence-electron chi connectivity index (χ1n) is 3.79. The van der Waals surface area contributed by atoms with E-state index in [0.717, 1.165) is 5.56 Å². The Morgan fingerprint density at radius 2 is 2.38 bits per heavy atom. The van der Waals surface area contributed by atoms with Gasteiger partial charge >= 0.3 is 6.09 Å². The average molecular weight is 187 g/mol. The Bertz CT molecular complexity index is 220. The van der Waals surface area contributed by atoms with Gasteiger partial charge in [0.05, 0.1) is 19.1 Å². The zero-order chi connectivity index (χ0) is 10.1. The molecule has 0 aliphatic rings. The van der Waals surface area contributed by atoms with Crippen LogP contribution >= 0.6 is 0 Å². The molecule has 5 nitrogen and oxygen atoms in total. The SMILES string of the molecule is CCNC(=O)O.OCc1ccoc1. The number of hydrogen-bond acceptors (Lipinski definition) is 3. The fourth-order valence-electron chi connectivity index (χ4n) is 0.534. The first-order chi connectivity index (χ1) is 6.20. The summed E-state index contributed by atoms with van der Waals surface area (Å²) in [5.74, 6) is 0. The molecule has 0 spiro atoms. The van der Waals surface area contributed by atoms with Crippen LogP contribution in [-0.2, 0) is 6.61 Å². The third-order valence-corrected chi connectivity index (χ3v) is 1.09. The Kier molecular flexibility index (Phi) is 6.35. The van der Waals surface area contributed by atoms with Crippen LogP contribution in [0.3, 0.4) is 0 Å². The maximum absolute atomic E-state index is 9.49. The van der Waals surface area contributed by atoms with E-state index in [1.54, 1.807) is 13.0 Å². The van der Waals surface area contributed by atoms with Crippen molar-refractivity contribution in [2.24, 2.45) is 0 Å². The van der Waals surface area contributed by atoms with E-state index in [4.69, 9.17) is 10.2 Å². The van der Waals surface area contributed by atoms with Crippen LogP contribution in [0.25, 0.3) is 0 Å². The van der Waals surface area contributed by atoms with Crippen LogP contribution in [0.5, 0.6) is 0 Å². The van der Waals surface area contributed by atoms with Gasteiger partial charge in [-0.05, 0) is 13.0 Å². The van der Waals surface area contributed by atoms with Gasteiger partial charge in [-0.2, -0.15) is 0 Å². The third kappa shape index (κ3) is 6.89. The van der Waals surface area contributed by atoms with Crippen LogP contribution in [0.15, 0.2) is 23.0 Å². The number of amides is 1. The quantitative estimate of drug-likeness (QED) is 0.646. The molecule has 1 heterocycles. The second-order valence-electron chi connectivity index (χ2n) is 2.13. The molecule has 1 aromatic heterocycles. The number of carbonyl (C=O) groups is 1. The summed E-state index contributed by atoms with van der Waals surface area (Å²) in [6.45, 7) is 2.28.